The number of amides is 1. The lowest BCUT2D eigenvalue weighted by Gasteiger charge is -2.27. The molecule has 0 atom stereocenters. The van der Waals surface area contributed by atoms with E-state index in [0.717, 1.165) is 46.1 Å². The van der Waals surface area contributed by atoms with Crippen LogP contribution in [0.1, 0.15) is 23.4 Å². The predicted octanol–water partition coefficient (Wildman–Crippen LogP) is 2.29. The maximum atomic E-state index is 12.8. The average molecular weight is 379 g/mol. The molecule has 2 aromatic heterocycles. The molecule has 8 nitrogen and oxygen atoms in total. The summed E-state index contributed by atoms with van der Waals surface area (Å²) in [6, 6.07) is 7.77. The summed E-state index contributed by atoms with van der Waals surface area (Å²) >= 11 is 0. The molecule has 0 saturated carbocycles. The minimum atomic E-state index is 0.137. The lowest BCUT2D eigenvalue weighted by Crippen LogP contribution is -2.36. The first-order valence-corrected chi connectivity index (χ1v) is 9.41. The van der Waals surface area contributed by atoms with E-state index in [2.05, 4.69) is 15.3 Å². The number of nitrogens with one attached hydrogen (secondary N) is 1. The number of aromatic nitrogens is 4. The highest BCUT2D eigenvalue weighted by Crippen LogP contribution is 2.37. The van der Waals surface area contributed by atoms with Gasteiger partial charge in [-0.05, 0) is 31.2 Å². The van der Waals surface area contributed by atoms with E-state index in [1.807, 2.05) is 40.8 Å². The van der Waals surface area contributed by atoms with Crippen molar-refractivity contribution in [3.05, 3.63) is 47.4 Å². The van der Waals surface area contributed by atoms with Crippen LogP contribution in [0.4, 0.5) is 0 Å². The molecule has 0 spiro atoms. The van der Waals surface area contributed by atoms with Crippen molar-refractivity contribution in [2.75, 3.05) is 13.3 Å². The maximum absolute atomic E-state index is 12.8. The summed E-state index contributed by atoms with van der Waals surface area (Å²) in [5, 5.41) is 11.9. The van der Waals surface area contributed by atoms with Crippen LogP contribution >= 0.6 is 0 Å². The topological polar surface area (TPSA) is 85.3 Å². The van der Waals surface area contributed by atoms with Gasteiger partial charge >= 0.3 is 0 Å². The van der Waals surface area contributed by atoms with Gasteiger partial charge in [0.25, 0.3) is 0 Å². The van der Waals surface area contributed by atoms with Crippen LogP contribution in [0, 0.1) is 6.92 Å². The highest BCUT2D eigenvalue weighted by Gasteiger charge is 2.26. The van der Waals surface area contributed by atoms with Crippen LogP contribution in [-0.4, -0.2) is 44.1 Å². The minimum Gasteiger partial charge on any atom is -0.454 e. The van der Waals surface area contributed by atoms with E-state index in [9.17, 15) is 4.79 Å². The molecule has 0 unspecified atom stereocenters. The lowest BCUT2D eigenvalue weighted by atomic mass is 10.0. The van der Waals surface area contributed by atoms with Gasteiger partial charge in [0.2, 0.25) is 12.7 Å². The van der Waals surface area contributed by atoms with Crippen molar-refractivity contribution < 1.29 is 14.3 Å². The average Bonchev–Trinajstić information content (AvgIpc) is 3.44. The number of H-pyrrole nitrogens is 1. The van der Waals surface area contributed by atoms with E-state index < -0.39 is 0 Å². The molecule has 0 aliphatic carbocycles. The van der Waals surface area contributed by atoms with Crippen molar-refractivity contribution in [1.82, 2.24) is 24.9 Å². The first-order chi connectivity index (χ1) is 13.7. The molecule has 1 amide bonds. The molecule has 144 valence electrons. The molecule has 0 bridgehead atoms. The Morgan fingerprint density at radius 2 is 2.14 bits per heavy atom. The molecule has 0 saturated heterocycles. The molecular formula is C20H21N5O3. The number of aromatic amines is 1. The zero-order chi connectivity index (χ0) is 19.1. The van der Waals surface area contributed by atoms with Crippen LogP contribution < -0.4 is 9.47 Å². The van der Waals surface area contributed by atoms with Crippen LogP contribution in [0.5, 0.6) is 11.5 Å². The number of hydrogen-bond donors (Lipinski definition) is 1. The molecular weight excluding hydrogens is 358 g/mol. The first-order valence-electron chi connectivity index (χ1n) is 9.41. The summed E-state index contributed by atoms with van der Waals surface area (Å²) in [6.07, 6.45) is 2.98. The largest absolute Gasteiger partial charge is 0.454 e. The van der Waals surface area contributed by atoms with Gasteiger partial charge in [-0.25, -0.2) is 0 Å². The van der Waals surface area contributed by atoms with Crippen molar-refractivity contribution in [3.63, 3.8) is 0 Å². The number of nitrogens with zero attached hydrogens (tertiary/aromatic N) is 4. The van der Waals surface area contributed by atoms with E-state index in [-0.39, 0.29) is 12.7 Å². The van der Waals surface area contributed by atoms with Gasteiger partial charge in [-0.1, -0.05) is 0 Å². The van der Waals surface area contributed by atoms with E-state index >= 15 is 0 Å². The molecule has 2 aliphatic heterocycles. The second kappa shape index (κ2) is 6.70. The Bertz CT molecular complexity index is 1040. The molecule has 8 heteroatoms. The number of aryl methyl sites for hydroxylation is 2. The zero-order valence-corrected chi connectivity index (χ0v) is 15.6. The Balaban J connectivity index is 1.33. The van der Waals surface area contributed by atoms with Crippen molar-refractivity contribution in [2.24, 2.45) is 0 Å². The summed E-state index contributed by atoms with van der Waals surface area (Å²) in [5.41, 5.74) is 5.07. The zero-order valence-electron chi connectivity index (χ0n) is 15.6. The second-order valence-corrected chi connectivity index (χ2v) is 7.11. The molecule has 3 aromatic rings. The number of fused-ring (bicyclic) bond motifs is 2. The number of carbonyl (C=O) groups is 1. The fourth-order valence-corrected chi connectivity index (χ4v) is 3.78. The second-order valence-electron chi connectivity index (χ2n) is 7.11. The number of hydrogen-bond acceptors (Lipinski definition) is 5. The standard InChI is InChI=1S/C20H21N5O3/c1-13-4-7-21-25(13)9-6-19(26)24-8-5-16-15(11-24)20(23-22-16)14-2-3-17-18(10-14)28-12-27-17/h2-4,7,10H,5-6,8-9,11-12H2,1H3,(H,22,23). The molecule has 1 aromatic carbocycles. The molecule has 4 heterocycles. The van der Waals surface area contributed by atoms with Gasteiger partial charge in [-0.3, -0.25) is 14.6 Å². The molecule has 2 aliphatic rings. The summed E-state index contributed by atoms with van der Waals surface area (Å²) < 4.78 is 12.7. The molecule has 5 rings (SSSR count). The van der Waals surface area contributed by atoms with Gasteiger partial charge < -0.3 is 14.4 Å². The van der Waals surface area contributed by atoms with Crippen molar-refractivity contribution in [2.45, 2.75) is 32.9 Å². The highest BCUT2D eigenvalue weighted by molar-refractivity contribution is 5.77. The number of ether oxygens (including phenoxy) is 2. The van der Waals surface area contributed by atoms with E-state index in [1.165, 1.54) is 0 Å². The van der Waals surface area contributed by atoms with E-state index in [0.29, 0.717) is 26.1 Å². The highest BCUT2D eigenvalue weighted by atomic mass is 16.7. The number of benzene rings is 1. The Labute approximate surface area is 162 Å². The summed E-state index contributed by atoms with van der Waals surface area (Å²) in [7, 11) is 0. The first kappa shape index (κ1) is 16.9. The maximum Gasteiger partial charge on any atom is 0.231 e. The van der Waals surface area contributed by atoms with Crippen molar-refractivity contribution in [1.29, 1.82) is 0 Å². The SMILES string of the molecule is Cc1ccnn1CCC(=O)N1CCc2[nH]nc(-c3ccc4c(c3)OCO4)c2C1. The summed E-state index contributed by atoms with van der Waals surface area (Å²) in [6.45, 7) is 4.10. The Hall–Kier alpha value is -3.29. The van der Waals surface area contributed by atoms with Gasteiger partial charge in [0, 0.05) is 61.2 Å². The fraction of sp³-hybridized carbons (Fsp3) is 0.350. The molecule has 1 N–H and O–H groups in total. The van der Waals surface area contributed by atoms with E-state index in [1.54, 1.807) is 6.20 Å². The van der Waals surface area contributed by atoms with Crippen LogP contribution in [0.3, 0.4) is 0 Å². The Morgan fingerprint density at radius 3 is 3.00 bits per heavy atom. The fourth-order valence-electron chi connectivity index (χ4n) is 3.78. The van der Waals surface area contributed by atoms with Crippen LogP contribution in [0.2, 0.25) is 0 Å². The third-order valence-electron chi connectivity index (χ3n) is 5.40. The monoisotopic (exact) mass is 379 g/mol. The van der Waals surface area contributed by atoms with Gasteiger partial charge in [0.05, 0.1) is 5.69 Å². The predicted molar refractivity (Wildman–Crippen MR) is 101 cm³/mol. The third kappa shape index (κ3) is 2.90. The number of rotatable bonds is 4. The Morgan fingerprint density at radius 1 is 1.25 bits per heavy atom. The van der Waals surface area contributed by atoms with Gasteiger partial charge in [0.15, 0.2) is 11.5 Å². The number of carbonyl (C=O) groups excluding carboxylic acids is 1. The third-order valence-corrected chi connectivity index (χ3v) is 5.40. The smallest absolute Gasteiger partial charge is 0.231 e. The van der Waals surface area contributed by atoms with Gasteiger partial charge in [-0.2, -0.15) is 10.2 Å². The summed E-state index contributed by atoms with van der Waals surface area (Å²) in [5.74, 6) is 1.62. The van der Waals surface area contributed by atoms with Crippen LogP contribution in [-0.2, 0) is 24.3 Å². The normalized spacial score (nSPS) is 15.0. The van der Waals surface area contributed by atoms with Gasteiger partial charge in [0.1, 0.15) is 0 Å². The van der Waals surface area contributed by atoms with Crippen LogP contribution in [0.25, 0.3) is 11.3 Å². The van der Waals surface area contributed by atoms with E-state index in [4.69, 9.17) is 9.47 Å². The molecule has 28 heavy (non-hydrogen) atoms. The molecule has 0 fully saturated rings. The van der Waals surface area contributed by atoms with Crippen molar-refractivity contribution in [3.8, 4) is 22.8 Å². The van der Waals surface area contributed by atoms with Crippen LogP contribution in [0.15, 0.2) is 30.5 Å². The lowest BCUT2D eigenvalue weighted by molar-refractivity contribution is -0.132. The Kier molecular flexibility index (Phi) is 4.03. The van der Waals surface area contributed by atoms with Gasteiger partial charge in [-0.15, -0.1) is 0 Å². The minimum absolute atomic E-state index is 0.137. The molecule has 0 radical (unpaired) electrons. The quantitative estimate of drug-likeness (QED) is 0.752. The van der Waals surface area contributed by atoms with Crippen molar-refractivity contribution >= 4 is 5.91 Å². The summed E-state index contributed by atoms with van der Waals surface area (Å²) in [4.78, 5) is 14.7.